The van der Waals surface area contributed by atoms with Gasteiger partial charge in [0.05, 0.1) is 46.5 Å². The maximum absolute atomic E-state index is 14.1. The number of carbonyl (C=O) groups excluding carboxylic acids is 1. The Balaban J connectivity index is 0.930. The highest BCUT2D eigenvalue weighted by Gasteiger charge is 2.34. The van der Waals surface area contributed by atoms with Gasteiger partial charge in [0.25, 0.3) is 21.6 Å². The van der Waals surface area contributed by atoms with E-state index in [2.05, 4.69) is 50.5 Å². The standard InChI is InChI=1S/C48H53ClN6O9S/c1-48(2)13-9-40(32-3-5-35(49)6-4-32)34(26-48)28-53-15-17-54(18-16-53)36-7-8-41(45(23-36)64-38-22-33-10-14-50-46(33)51-27-38)47(56)52-65(59,60)39-24-43(55(57)58)42-21-31(30-63-44(42)25-39)29-62-37-11-19-61-20-12-37/h3-8,10,14,22-25,27,31,37H,9,11-13,15-21,26,28-30H2,1-2H3,(H,50,51)(H,52,56)/t31-/m1/s1. The number of allylic oxidation sites excluding steroid dienone is 1. The van der Waals surface area contributed by atoms with Crippen molar-refractivity contribution >= 4 is 55.5 Å². The summed E-state index contributed by atoms with van der Waals surface area (Å²) in [5.41, 5.74) is 5.59. The second kappa shape index (κ2) is 18.8. The number of rotatable bonds is 13. The van der Waals surface area contributed by atoms with Gasteiger partial charge in [0.1, 0.15) is 22.9 Å². The number of halogens is 1. The van der Waals surface area contributed by atoms with Crippen molar-refractivity contribution in [1.82, 2.24) is 19.6 Å². The van der Waals surface area contributed by atoms with Gasteiger partial charge in [-0.25, -0.2) is 18.1 Å². The number of amides is 1. The Morgan fingerprint density at radius 2 is 1.83 bits per heavy atom. The van der Waals surface area contributed by atoms with Gasteiger partial charge in [0, 0.05) is 92.3 Å². The Morgan fingerprint density at radius 1 is 1.05 bits per heavy atom. The van der Waals surface area contributed by atoms with Crippen LogP contribution in [0.1, 0.15) is 67.4 Å². The molecule has 0 bridgehead atoms. The maximum Gasteiger partial charge on any atom is 0.277 e. The summed E-state index contributed by atoms with van der Waals surface area (Å²) >= 11 is 6.24. The highest BCUT2D eigenvalue weighted by atomic mass is 35.5. The third kappa shape index (κ3) is 10.3. The van der Waals surface area contributed by atoms with E-state index in [0.29, 0.717) is 44.3 Å². The maximum atomic E-state index is 14.1. The first kappa shape index (κ1) is 44.7. The average Bonchev–Trinajstić information content (AvgIpc) is 3.77. The number of hydrogen-bond acceptors (Lipinski definition) is 12. The van der Waals surface area contributed by atoms with Gasteiger partial charge in [-0.1, -0.05) is 43.2 Å². The van der Waals surface area contributed by atoms with Crippen LogP contribution in [0.5, 0.6) is 17.2 Å². The van der Waals surface area contributed by atoms with Gasteiger partial charge >= 0.3 is 0 Å². The molecule has 342 valence electrons. The lowest BCUT2D eigenvalue weighted by Crippen LogP contribution is -2.47. The van der Waals surface area contributed by atoms with Gasteiger partial charge in [0.15, 0.2) is 0 Å². The van der Waals surface area contributed by atoms with Crippen molar-refractivity contribution in [2.45, 2.75) is 63.4 Å². The molecular weight excluding hydrogens is 872 g/mol. The van der Waals surface area contributed by atoms with Crippen molar-refractivity contribution in [2.24, 2.45) is 11.3 Å². The van der Waals surface area contributed by atoms with Gasteiger partial charge in [-0.2, -0.15) is 0 Å². The highest BCUT2D eigenvalue weighted by molar-refractivity contribution is 7.90. The van der Waals surface area contributed by atoms with E-state index in [9.17, 15) is 23.3 Å². The molecule has 2 saturated heterocycles. The molecule has 2 aromatic heterocycles. The summed E-state index contributed by atoms with van der Waals surface area (Å²) in [6, 6.07) is 19.0. The number of hydrogen-bond donors (Lipinski definition) is 2. The summed E-state index contributed by atoms with van der Waals surface area (Å²) < 4.78 is 53.7. The van der Waals surface area contributed by atoms with Crippen molar-refractivity contribution in [2.75, 3.05) is 64.1 Å². The number of aromatic amines is 1. The number of anilines is 1. The molecule has 1 atom stereocenters. The van der Waals surface area contributed by atoms with Gasteiger partial charge < -0.3 is 28.8 Å². The predicted molar refractivity (Wildman–Crippen MR) is 247 cm³/mol. The number of carbonyl (C=O) groups is 1. The SMILES string of the molecule is CC1(C)CCC(c2ccc(Cl)cc2)=C(CN2CCN(c3ccc(C(=O)NS(=O)(=O)c4cc5c(c([N+](=O)[O-])c4)C[C@H](COC4CCOCC4)CO5)c(Oc4cnc5[nH]ccc5c4)c3)CC2)C1. The fraction of sp³-hybridized carbons (Fsp3) is 0.417. The van der Waals surface area contributed by atoms with Crippen LogP contribution in [-0.2, 0) is 25.9 Å². The summed E-state index contributed by atoms with van der Waals surface area (Å²) in [6.45, 7) is 10.4. The van der Waals surface area contributed by atoms with E-state index in [1.54, 1.807) is 30.5 Å². The Bertz CT molecular complexity index is 2730. The normalized spacial score (nSPS) is 19.4. The number of nitrogens with zero attached hydrogens (tertiary/aromatic N) is 4. The fourth-order valence-corrected chi connectivity index (χ4v) is 10.5. The molecule has 0 spiro atoms. The lowest BCUT2D eigenvalue weighted by atomic mass is 9.73. The average molecular weight is 926 g/mol. The van der Waals surface area contributed by atoms with Crippen LogP contribution < -0.4 is 19.1 Å². The number of ether oxygens (including phenoxy) is 4. The molecule has 1 amide bonds. The Labute approximate surface area is 383 Å². The van der Waals surface area contributed by atoms with Crippen molar-refractivity contribution in [1.29, 1.82) is 0 Å². The van der Waals surface area contributed by atoms with Crippen LogP contribution in [0.3, 0.4) is 0 Å². The smallest absolute Gasteiger partial charge is 0.277 e. The zero-order valence-corrected chi connectivity index (χ0v) is 38.1. The molecular formula is C48H53ClN6O9S. The first-order valence-electron chi connectivity index (χ1n) is 22.2. The Morgan fingerprint density at radius 3 is 2.60 bits per heavy atom. The van der Waals surface area contributed by atoms with E-state index in [1.807, 2.05) is 18.2 Å². The van der Waals surface area contributed by atoms with Crippen molar-refractivity contribution in [3.63, 3.8) is 0 Å². The van der Waals surface area contributed by atoms with Crippen LogP contribution in [0.2, 0.25) is 5.02 Å². The first-order valence-corrected chi connectivity index (χ1v) is 24.0. The number of nitro benzene ring substituents is 1. The number of fused-ring (bicyclic) bond motifs is 2. The molecule has 5 aromatic rings. The van der Waals surface area contributed by atoms with Crippen LogP contribution in [0, 0.1) is 21.4 Å². The molecule has 15 nitrogen and oxygen atoms in total. The van der Waals surface area contributed by atoms with Crippen molar-refractivity contribution < 1.29 is 37.1 Å². The van der Waals surface area contributed by atoms with Crippen LogP contribution in [-0.4, -0.2) is 99.4 Å². The molecule has 0 saturated carbocycles. The van der Waals surface area contributed by atoms with E-state index < -0.39 is 31.4 Å². The molecule has 5 heterocycles. The molecule has 2 fully saturated rings. The quantitative estimate of drug-likeness (QED) is 0.0851. The lowest BCUT2D eigenvalue weighted by molar-refractivity contribution is -0.386. The van der Waals surface area contributed by atoms with Gasteiger partial charge in [-0.05, 0) is 91.5 Å². The third-order valence-electron chi connectivity index (χ3n) is 12.9. The number of H-pyrrole nitrogens is 1. The molecule has 0 radical (unpaired) electrons. The van der Waals surface area contributed by atoms with Gasteiger partial charge in [-0.15, -0.1) is 0 Å². The molecule has 1 aliphatic carbocycles. The molecule has 65 heavy (non-hydrogen) atoms. The summed E-state index contributed by atoms with van der Waals surface area (Å²) in [5.74, 6) is -0.596. The molecule has 17 heteroatoms. The minimum atomic E-state index is -4.64. The summed E-state index contributed by atoms with van der Waals surface area (Å²) in [6.07, 6.45) is 8.33. The Hall–Kier alpha value is -5.52. The minimum absolute atomic E-state index is 0.0482. The van der Waals surface area contributed by atoms with Crippen LogP contribution in [0.4, 0.5) is 11.4 Å². The zero-order chi connectivity index (χ0) is 45.3. The van der Waals surface area contributed by atoms with Gasteiger partial charge in [0.2, 0.25) is 0 Å². The molecule has 2 N–H and O–H groups in total. The summed E-state index contributed by atoms with van der Waals surface area (Å²) in [5, 5.41) is 13.9. The second-order valence-electron chi connectivity index (χ2n) is 18.2. The van der Waals surface area contributed by atoms with Crippen molar-refractivity contribution in [3.8, 4) is 17.2 Å². The largest absolute Gasteiger partial charge is 0.493 e. The first-order chi connectivity index (χ1) is 31.3. The Kier molecular flexibility index (Phi) is 12.9. The highest BCUT2D eigenvalue weighted by Crippen LogP contribution is 2.43. The number of benzene rings is 3. The second-order valence-corrected chi connectivity index (χ2v) is 20.3. The number of nitrogens with one attached hydrogen (secondary N) is 2. The number of pyridine rings is 1. The molecule has 3 aliphatic heterocycles. The third-order valence-corrected chi connectivity index (χ3v) is 14.5. The number of aromatic nitrogens is 2. The van der Waals surface area contributed by atoms with Crippen LogP contribution in [0.25, 0.3) is 16.6 Å². The van der Waals surface area contributed by atoms with E-state index in [0.717, 1.165) is 73.9 Å². The monoisotopic (exact) mass is 924 g/mol. The van der Waals surface area contributed by atoms with Crippen molar-refractivity contribution in [3.05, 3.63) is 117 Å². The van der Waals surface area contributed by atoms with E-state index >= 15 is 0 Å². The predicted octanol–water partition coefficient (Wildman–Crippen LogP) is 8.57. The zero-order valence-electron chi connectivity index (χ0n) is 36.5. The minimum Gasteiger partial charge on any atom is -0.493 e. The molecule has 9 rings (SSSR count). The number of piperazine rings is 1. The molecule has 3 aromatic carbocycles. The van der Waals surface area contributed by atoms with Crippen LogP contribution >= 0.6 is 11.6 Å². The summed E-state index contributed by atoms with van der Waals surface area (Å²) in [7, 11) is -4.64. The fourth-order valence-electron chi connectivity index (χ4n) is 9.35. The summed E-state index contributed by atoms with van der Waals surface area (Å²) in [4.78, 5) is 37.5. The number of nitro groups is 1. The molecule has 4 aliphatic rings. The van der Waals surface area contributed by atoms with E-state index in [4.69, 9.17) is 30.5 Å². The van der Waals surface area contributed by atoms with E-state index in [-0.39, 0.29) is 53.1 Å². The number of sulfonamides is 1. The van der Waals surface area contributed by atoms with E-state index in [1.165, 1.54) is 29.0 Å². The van der Waals surface area contributed by atoms with Crippen LogP contribution in [0.15, 0.2) is 89.6 Å². The van der Waals surface area contributed by atoms with Gasteiger partial charge in [-0.3, -0.25) is 19.8 Å². The topological polar surface area (TPSA) is 178 Å². The molecule has 0 unspecified atom stereocenters. The lowest BCUT2D eigenvalue weighted by Gasteiger charge is -2.39.